The largest absolute Gasteiger partial charge is 0.361 e. The standard InChI is InChI=1S/C10H12ClNO2/c1-5-7-4-14-10(3,13)9(7)12-6(2)8(5)11/h13H,4H2,1-3H3. The number of nitrogens with zero attached hydrogens (tertiary/aromatic N) is 1. The monoisotopic (exact) mass is 213 g/mol. The van der Waals surface area contributed by atoms with Gasteiger partial charge in [-0.3, -0.25) is 4.98 Å². The molecule has 14 heavy (non-hydrogen) atoms. The van der Waals surface area contributed by atoms with Gasteiger partial charge in [0.25, 0.3) is 0 Å². The maximum atomic E-state index is 9.86. The summed E-state index contributed by atoms with van der Waals surface area (Å²) in [6.07, 6.45) is 0. The van der Waals surface area contributed by atoms with Gasteiger partial charge in [-0.2, -0.15) is 0 Å². The lowest BCUT2D eigenvalue weighted by molar-refractivity contribution is -0.190. The second-order valence-corrected chi connectivity index (χ2v) is 4.11. The molecular weight excluding hydrogens is 202 g/mol. The van der Waals surface area contributed by atoms with E-state index in [9.17, 15) is 5.11 Å². The Morgan fingerprint density at radius 1 is 1.50 bits per heavy atom. The molecule has 4 heteroatoms. The predicted octanol–water partition coefficient (Wildman–Crippen LogP) is 2.05. The van der Waals surface area contributed by atoms with Crippen molar-refractivity contribution in [3.05, 3.63) is 27.5 Å². The molecule has 76 valence electrons. The lowest BCUT2D eigenvalue weighted by atomic mass is 10.0. The highest BCUT2D eigenvalue weighted by molar-refractivity contribution is 6.32. The van der Waals surface area contributed by atoms with E-state index in [0.29, 0.717) is 17.3 Å². The van der Waals surface area contributed by atoms with Crippen molar-refractivity contribution in [3.63, 3.8) is 0 Å². The molecule has 0 aromatic carbocycles. The summed E-state index contributed by atoms with van der Waals surface area (Å²) in [4.78, 5) is 4.26. The summed E-state index contributed by atoms with van der Waals surface area (Å²) in [5.74, 6) is -1.27. The molecule has 1 aliphatic rings. The first-order chi connectivity index (χ1) is 6.43. The van der Waals surface area contributed by atoms with Gasteiger partial charge in [0.2, 0.25) is 5.79 Å². The topological polar surface area (TPSA) is 42.4 Å². The SMILES string of the molecule is Cc1nc2c(c(C)c1Cl)COC2(C)O. The Labute approximate surface area is 87.7 Å². The van der Waals surface area contributed by atoms with Crippen LogP contribution in [0.4, 0.5) is 0 Å². The highest BCUT2D eigenvalue weighted by Crippen LogP contribution is 2.37. The molecule has 1 unspecified atom stereocenters. The van der Waals surface area contributed by atoms with Crippen molar-refractivity contribution in [3.8, 4) is 0 Å². The van der Waals surface area contributed by atoms with Crippen LogP contribution in [0.2, 0.25) is 5.02 Å². The van der Waals surface area contributed by atoms with Crippen LogP contribution < -0.4 is 0 Å². The maximum absolute atomic E-state index is 9.86. The molecule has 0 amide bonds. The van der Waals surface area contributed by atoms with E-state index in [1.54, 1.807) is 6.92 Å². The van der Waals surface area contributed by atoms with Crippen LogP contribution in [-0.2, 0) is 17.1 Å². The van der Waals surface area contributed by atoms with Crippen LogP contribution >= 0.6 is 11.6 Å². The van der Waals surface area contributed by atoms with Crippen LogP contribution in [0.1, 0.15) is 29.4 Å². The molecule has 3 nitrogen and oxygen atoms in total. The van der Waals surface area contributed by atoms with Gasteiger partial charge >= 0.3 is 0 Å². The normalized spacial score (nSPS) is 25.2. The Balaban J connectivity index is 2.71. The summed E-state index contributed by atoms with van der Waals surface area (Å²) in [5.41, 5.74) is 3.18. The molecule has 1 N–H and O–H groups in total. The number of pyridine rings is 1. The molecule has 0 saturated carbocycles. The van der Waals surface area contributed by atoms with Gasteiger partial charge in [-0.25, -0.2) is 0 Å². The lowest BCUT2D eigenvalue weighted by Crippen LogP contribution is -2.21. The molecule has 0 bridgehead atoms. The van der Waals surface area contributed by atoms with E-state index in [0.717, 1.165) is 16.8 Å². The predicted molar refractivity (Wildman–Crippen MR) is 53.1 cm³/mol. The zero-order valence-electron chi connectivity index (χ0n) is 8.39. The van der Waals surface area contributed by atoms with Gasteiger partial charge in [0.15, 0.2) is 0 Å². The number of hydrogen-bond acceptors (Lipinski definition) is 3. The Morgan fingerprint density at radius 3 is 2.79 bits per heavy atom. The number of fused-ring (bicyclic) bond motifs is 1. The van der Waals surface area contributed by atoms with Gasteiger partial charge < -0.3 is 9.84 Å². The van der Waals surface area contributed by atoms with E-state index in [-0.39, 0.29) is 0 Å². The van der Waals surface area contributed by atoms with Gasteiger partial charge in [-0.1, -0.05) is 11.6 Å². The third-order valence-electron chi connectivity index (χ3n) is 2.60. The molecular formula is C10H12ClNO2. The number of aliphatic hydroxyl groups is 1. The molecule has 1 aromatic rings. The average Bonchev–Trinajstić information content (AvgIpc) is 2.39. The van der Waals surface area contributed by atoms with Crippen molar-refractivity contribution in [1.29, 1.82) is 0 Å². The second-order valence-electron chi connectivity index (χ2n) is 3.73. The van der Waals surface area contributed by atoms with Crippen LogP contribution in [0, 0.1) is 13.8 Å². The van der Waals surface area contributed by atoms with E-state index < -0.39 is 5.79 Å². The van der Waals surface area contributed by atoms with Crippen molar-refractivity contribution in [1.82, 2.24) is 4.98 Å². The highest BCUT2D eigenvalue weighted by atomic mass is 35.5. The minimum Gasteiger partial charge on any atom is -0.361 e. The maximum Gasteiger partial charge on any atom is 0.207 e. The Hall–Kier alpha value is -0.640. The van der Waals surface area contributed by atoms with Crippen molar-refractivity contribution in [2.24, 2.45) is 0 Å². The molecule has 0 aliphatic carbocycles. The summed E-state index contributed by atoms with van der Waals surface area (Å²) < 4.78 is 5.24. The molecule has 1 aliphatic heterocycles. The van der Waals surface area contributed by atoms with Gasteiger partial charge in [0, 0.05) is 5.56 Å². The van der Waals surface area contributed by atoms with Gasteiger partial charge in [0.05, 0.1) is 17.3 Å². The summed E-state index contributed by atoms with van der Waals surface area (Å²) in [5, 5.41) is 10.5. The van der Waals surface area contributed by atoms with Crippen LogP contribution in [0.15, 0.2) is 0 Å². The fraction of sp³-hybridized carbons (Fsp3) is 0.500. The number of halogens is 1. The number of hydrogen-bond donors (Lipinski definition) is 1. The fourth-order valence-corrected chi connectivity index (χ4v) is 1.86. The van der Waals surface area contributed by atoms with Crippen LogP contribution in [0.5, 0.6) is 0 Å². The number of aryl methyl sites for hydroxylation is 1. The molecule has 2 heterocycles. The van der Waals surface area contributed by atoms with Crippen LogP contribution in [0.3, 0.4) is 0 Å². The summed E-state index contributed by atoms with van der Waals surface area (Å²) >= 11 is 6.05. The third kappa shape index (κ3) is 1.24. The van der Waals surface area contributed by atoms with Crippen molar-refractivity contribution in [2.75, 3.05) is 0 Å². The lowest BCUT2D eigenvalue weighted by Gasteiger charge is -2.16. The molecule has 0 saturated heterocycles. The molecule has 2 rings (SSSR count). The van der Waals surface area contributed by atoms with Crippen LogP contribution in [0.25, 0.3) is 0 Å². The van der Waals surface area contributed by atoms with Crippen LogP contribution in [-0.4, -0.2) is 10.1 Å². The summed E-state index contributed by atoms with van der Waals surface area (Å²) in [6.45, 7) is 5.71. The summed E-state index contributed by atoms with van der Waals surface area (Å²) in [6, 6.07) is 0. The summed E-state index contributed by atoms with van der Waals surface area (Å²) in [7, 11) is 0. The Kier molecular flexibility index (Phi) is 2.07. The third-order valence-corrected chi connectivity index (χ3v) is 3.16. The molecule has 0 fully saturated rings. The Bertz CT molecular complexity index is 402. The second kappa shape index (κ2) is 2.92. The van der Waals surface area contributed by atoms with Crippen molar-refractivity contribution < 1.29 is 9.84 Å². The number of ether oxygens (including phenoxy) is 1. The quantitative estimate of drug-likeness (QED) is 0.717. The van der Waals surface area contributed by atoms with E-state index in [1.165, 1.54) is 0 Å². The minimum atomic E-state index is -1.27. The smallest absolute Gasteiger partial charge is 0.207 e. The number of rotatable bonds is 0. The first kappa shape index (κ1) is 9.90. The van der Waals surface area contributed by atoms with E-state index in [4.69, 9.17) is 16.3 Å². The van der Waals surface area contributed by atoms with Gasteiger partial charge in [-0.05, 0) is 26.3 Å². The van der Waals surface area contributed by atoms with E-state index >= 15 is 0 Å². The van der Waals surface area contributed by atoms with Crippen molar-refractivity contribution >= 4 is 11.6 Å². The highest BCUT2D eigenvalue weighted by Gasteiger charge is 2.36. The first-order valence-corrected chi connectivity index (χ1v) is 4.83. The zero-order valence-corrected chi connectivity index (χ0v) is 9.14. The van der Waals surface area contributed by atoms with Gasteiger partial charge in [-0.15, -0.1) is 0 Å². The first-order valence-electron chi connectivity index (χ1n) is 4.46. The molecule has 1 atom stereocenters. The minimum absolute atomic E-state index is 0.376. The fourth-order valence-electron chi connectivity index (χ4n) is 1.71. The van der Waals surface area contributed by atoms with Crippen molar-refractivity contribution in [2.45, 2.75) is 33.2 Å². The van der Waals surface area contributed by atoms with E-state index in [1.807, 2.05) is 13.8 Å². The zero-order chi connectivity index (χ0) is 10.5. The number of aromatic nitrogens is 1. The molecule has 1 aromatic heterocycles. The van der Waals surface area contributed by atoms with E-state index in [2.05, 4.69) is 4.98 Å². The molecule has 0 radical (unpaired) electrons. The Morgan fingerprint density at radius 2 is 2.14 bits per heavy atom. The average molecular weight is 214 g/mol. The van der Waals surface area contributed by atoms with Gasteiger partial charge in [0.1, 0.15) is 5.69 Å². The molecule has 0 spiro atoms.